The van der Waals surface area contributed by atoms with Gasteiger partial charge in [-0.15, -0.1) is 0 Å². The van der Waals surface area contributed by atoms with Gasteiger partial charge in [-0.2, -0.15) is 0 Å². The number of carbonyl (C=O) groups is 2. The van der Waals surface area contributed by atoms with E-state index >= 15 is 0 Å². The SMILES string of the molecule is O=C(O)Nc1cc(CCCNC(=O)C2CCC(CNC[C@@H](O)c3ccc(O)c4[nH]c(=O)ccc34)CC2)ccc1-c1ccccc1. The largest absolute Gasteiger partial charge is 0.506 e. The number of aliphatic hydroxyl groups excluding tert-OH is 1. The summed E-state index contributed by atoms with van der Waals surface area (Å²) in [6, 6.07) is 21.6. The Balaban J connectivity index is 1.02. The summed E-state index contributed by atoms with van der Waals surface area (Å²) < 4.78 is 0. The second-order valence-corrected chi connectivity index (χ2v) is 11.7. The number of carbonyl (C=O) groups excluding carboxylic acids is 1. The summed E-state index contributed by atoms with van der Waals surface area (Å²) in [6.45, 7) is 1.63. The molecule has 7 N–H and O–H groups in total. The van der Waals surface area contributed by atoms with E-state index in [2.05, 4.69) is 20.9 Å². The van der Waals surface area contributed by atoms with Crippen LogP contribution in [0.2, 0.25) is 0 Å². The fraction of sp³-hybridized carbons (Fsp3) is 0.343. The molecule has 1 atom stereocenters. The molecule has 1 aliphatic rings. The molecule has 45 heavy (non-hydrogen) atoms. The molecule has 1 aromatic heterocycles. The predicted molar refractivity (Wildman–Crippen MR) is 174 cm³/mol. The van der Waals surface area contributed by atoms with Crippen molar-refractivity contribution in [2.75, 3.05) is 25.0 Å². The third-order valence-electron chi connectivity index (χ3n) is 8.61. The van der Waals surface area contributed by atoms with E-state index in [1.807, 2.05) is 48.5 Å². The summed E-state index contributed by atoms with van der Waals surface area (Å²) in [5.74, 6) is 0.461. The topological polar surface area (TPSA) is 164 Å². The molecule has 10 nitrogen and oxygen atoms in total. The molecular weight excluding hydrogens is 572 g/mol. The zero-order valence-electron chi connectivity index (χ0n) is 25.1. The third kappa shape index (κ3) is 8.29. The molecule has 1 saturated carbocycles. The number of carboxylic acid groups (broad SMARTS) is 1. The number of rotatable bonds is 12. The van der Waals surface area contributed by atoms with Crippen molar-refractivity contribution in [3.8, 4) is 16.9 Å². The number of amides is 2. The lowest BCUT2D eigenvalue weighted by Crippen LogP contribution is -2.36. The van der Waals surface area contributed by atoms with Crippen LogP contribution in [0.15, 0.2) is 77.6 Å². The number of aromatic hydroxyl groups is 1. The summed E-state index contributed by atoms with van der Waals surface area (Å²) in [5, 5.41) is 39.7. The van der Waals surface area contributed by atoms with E-state index in [1.54, 1.807) is 12.1 Å². The number of pyridine rings is 1. The fourth-order valence-electron chi connectivity index (χ4n) is 6.20. The molecule has 236 valence electrons. The van der Waals surface area contributed by atoms with E-state index in [1.165, 1.54) is 12.1 Å². The van der Waals surface area contributed by atoms with E-state index in [4.69, 9.17) is 0 Å². The first-order chi connectivity index (χ1) is 21.8. The standard InChI is InChI=1S/C35H40N4O6/c40-30-16-14-27(28-15-17-32(42)39-33(28)30)31(41)21-36-20-23-8-11-25(12-9-23)34(43)37-18-4-5-22-10-13-26(24-6-2-1-3-7-24)29(19-22)38-35(44)45/h1-3,6-7,10,13-17,19,23,25,31,36,38,40-41H,4-5,8-9,11-12,18,20-21H2,(H,37,43)(H,39,42)(H,44,45)/t23?,25?,31-/m1/s1. The molecule has 1 heterocycles. The molecule has 1 aliphatic carbocycles. The first-order valence-electron chi connectivity index (χ1n) is 15.5. The van der Waals surface area contributed by atoms with Crippen LogP contribution in [0.3, 0.4) is 0 Å². The zero-order valence-corrected chi connectivity index (χ0v) is 25.1. The van der Waals surface area contributed by atoms with Crippen molar-refractivity contribution in [3.63, 3.8) is 0 Å². The molecule has 0 unspecified atom stereocenters. The molecular formula is C35H40N4O6. The molecule has 4 aromatic rings. The minimum atomic E-state index is -1.11. The van der Waals surface area contributed by atoms with Gasteiger partial charge in [-0.3, -0.25) is 14.9 Å². The van der Waals surface area contributed by atoms with Crippen molar-refractivity contribution in [2.45, 2.75) is 44.6 Å². The Labute approximate surface area is 261 Å². The summed E-state index contributed by atoms with van der Waals surface area (Å²) in [5.41, 5.74) is 3.93. The van der Waals surface area contributed by atoms with Crippen LogP contribution in [0.4, 0.5) is 10.5 Å². The number of phenolic OH excluding ortho intramolecular Hbond substituents is 1. The summed E-state index contributed by atoms with van der Waals surface area (Å²) in [4.78, 5) is 38.5. The highest BCUT2D eigenvalue weighted by Gasteiger charge is 2.26. The maximum absolute atomic E-state index is 12.8. The number of hydrogen-bond acceptors (Lipinski definition) is 6. The number of aryl methyl sites for hydroxylation is 1. The second-order valence-electron chi connectivity index (χ2n) is 11.7. The van der Waals surface area contributed by atoms with E-state index in [9.17, 15) is 29.7 Å². The van der Waals surface area contributed by atoms with Gasteiger partial charge < -0.3 is 30.9 Å². The second kappa shape index (κ2) is 14.9. The first kappa shape index (κ1) is 31.7. The number of anilines is 1. The van der Waals surface area contributed by atoms with Gasteiger partial charge in [0.25, 0.3) is 0 Å². The molecule has 1 fully saturated rings. The molecule has 0 radical (unpaired) electrons. The first-order valence-corrected chi connectivity index (χ1v) is 15.5. The van der Waals surface area contributed by atoms with Gasteiger partial charge in [-0.1, -0.05) is 48.5 Å². The van der Waals surface area contributed by atoms with Crippen LogP contribution in [0.25, 0.3) is 22.0 Å². The highest BCUT2D eigenvalue weighted by molar-refractivity contribution is 5.91. The molecule has 3 aromatic carbocycles. The van der Waals surface area contributed by atoms with Crippen LogP contribution in [-0.4, -0.2) is 51.9 Å². The lowest BCUT2D eigenvalue weighted by molar-refractivity contribution is -0.126. The van der Waals surface area contributed by atoms with Crippen LogP contribution >= 0.6 is 0 Å². The molecule has 0 bridgehead atoms. The third-order valence-corrected chi connectivity index (χ3v) is 8.61. The van der Waals surface area contributed by atoms with Gasteiger partial charge in [-0.05, 0) is 85.9 Å². The van der Waals surface area contributed by atoms with E-state index < -0.39 is 12.2 Å². The Morgan fingerprint density at radius 1 is 0.956 bits per heavy atom. The average Bonchev–Trinajstić information content (AvgIpc) is 3.04. The monoisotopic (exact) mass is 612 g/mol. The highest BCUT2D eigenvalue weighted by atomic mass is 16.4. The molecule has 0 aliphatic heterocycles. The van der Waals surface area contributed by atoms with Crippen molar-refractivity contribution in [2.24, 2.45) is 11.8 Å². The van der Waals surface area contributed by atoms with Crippen LogP contribution in [0.5, 0.6) is 5.75 Å². The van der Waals surface area contributed by atoms with Gasteiger partial charge in [0.2, 0.25) is 11.5 Å². The lowest BCUT2D eigenvalue weighted by Gasteiger charge is -2.28. The van der Waals surface area contributed by atoms with Gasteiger partial charge in [-0.25, -0.2) is 4.79 Å². The quantitative estimate of drug-likeness (QED) is 0.109. The molecule has 10 heteroatoms. The van der Waals surface area contributed by atoms with Crippen molar-refractivity contribution >= 4 is 28.6 Å². The van der Waals surface area contributed by atoms with Gasteiger partial charge >= 0.3 is 6.09 Å². The zero-order chi connectivity index (χ0) is 31.8. The van der Waals surface area contributed by atoms with Crippen molar-refractivity contribution in [1.82, 2.24) is 15.6 Å². The Morgan fingerprint density at radius 3 is 2.49 bits per heavy atom. The van der Waals surface area contributed by atoms with Gasteiger partial charge in [0.15, 0.2) is 0 Å². The van der Waals surface area contributed by atoms with E-state index in [-0.39, 0.29) is 23.1 Å². The highest BCUT2D eigenvalue weighted by Crippen LogP contribution is 2.31. The maximum atomic E-state index is 12.8. The number of aromatic amines is 1. The van der Waals surface area contributed by atoms with Crippen molar-refractivity contribution in [3.05, 3.63) is 94.3 Å². The number of aliphatic hydroxyl groups is 1. The molecule has 2 amide bonds. The normalized spacial score (nSPS) is 17.1. The van der Waals surface area contributed by atoms with Crippen molar-refractivity contribution in [1.29, 1.82) is 0 Å². The summed E-state index contributed by atoms with van der Waals surface area (Å²) >= 11 is 0. The van der Waals surface area contributed by atoms with Gasteiger partial charge in [0, 0.05) is 36.0 Å². The Bertz CT molecular complexity index is 1680. The smallest absolute Gasteiger partial charge is 0.409 e. The fourth-order valence-corrected chi connectivity index (χ4v) is 6.20. The van der Waals surface area contributed by atoms with Gasteiger partial charge in [0.1, 0.15) is 5.75 Å². The van der Waals surface area contributed by atoms with Crippen LogP contribution in [0, 0.1) is 11.8 Å². The van der Waals surface area contributed by atoms with E-state index in [0.29, 0.717) is 47.6 Å². The summed E-state index contributed by atoms with van der Waals surface area (Å²) in [6.07, 6.45) is 3.05. The predicted octanol–water partition coefficient (Wildman–Crippen LogP) is 5.17. The molecule has 5 rings (SSSR count). The van der Waals surface area contributed by atoms with E-state index in [0.717, 1.165) is 55.3 Å². The number of H-pyrrole nitrogens is 1. The number of aromatic nitrogens is 1. The minimum absolute atomic E-state index is 0.00566. The number of hydrogen-bond donors (Lipinski definition) is 7. The maximum Gasteiger partial charge on any atom is 0.409 e. The van der Waals surface area contributed by atoms with Crippen LogP contribution in [-0.2, 0) is 11.2 Å². The Morgan fingerprint density at radius 2 is 1.73 bits per heavy atom. The van der Waals surface area contributed by atoms with Crippen LogP contribution in [0.1, 0.15) is 49.3 Å². The van der Waals surface area contributed by atoms with Crippen molar-refractivity contribution < 1.29 is 24.9 Å². The molecule has 0 spiro atoms. The molecule has 0 saturated heterocycles. The lowest BCUT2D eigenvalue weighted by atomic mass is 9.81. The average molecular weight is 613 g/mol. The number of fused-ring (bicyclic) bond motifs is 1. The number of phenols is 1. The Hall–Kier alpha value is -4.67. The Kier molecular flexibility index (Phi) is 10.5. The van der Waals surface area contributed by atoms with Crippen LogP contribution < -0.4 is 21.5 Å². The minimum Gasteiger partial charge on any atom is -0.506 e. The van der Waals surface area contributed by atoms with Gasteiger partial charge in [0.05, 0.1) is 17.3 Å². The summed E-state index contributed by atoms with van der Waals surface area (Å²) in [7, 11) is 0. The number of nitrogens with one attached hydrogen (secondary N) is 4. The number of benzene rings is 3.